The number of primary amides is 1. The molecule has 3 rings (SSSR count). The monoisotopic (exact) mass is 475 g/mol. The first-order valence-corrected chi connectivity index (χ1v) is 10.1. The van der Waals surface area contributed by atoms with Gasteiger partial charge in [0.25, 0.3) is 5.91 Å². The van der Waals surface area contributed by atoms with Crippen molar-refractivity contribution in [1.29, 1.82) is 0 Å². The molecule has 1 aliphatic heterocycles. The minimum atomic E-state index is -4.67. The molecule has 1 fully saturated rings. The number of nitrogens with two attached hydrogens (primary N) is 1. The van der Waals surface area contributed by atoms with E-state index in [0.29, 0.717) is 11.8 Å². The van der Waals surface area contributed by atoms with Gasteiger partial charge in [0.2, 0.25) is 11.7 Å². The Morgan fingerprint density at radius 3 is 2.56 bits per heavy atom. The number of pyridine rings is 1. The lowest BCUT2D eigenvalue weighted by atomic mass is 9.85. The number of hydrogen-bond donors (Lipinski definition) is 2. The molecule has 1 aromatic heterocycles. The van der Waals surface area contributed by atoms with E-state index in [4.69, 9.17) is 10.5 Å². The SMILES string of the molecule is COc1c(C2CC(C)(C(F)(F)F)SC2C(=O)Nc2ccnc(C(N)=O)c2)ccc(F)c1F. The zero-order valence-electron chi connectivity index (χ0n) is 16.8. The number of nitrogens with zero attached hydrogens (tertiary/aromatic N) is 1. The lowest BCUT2D eigenvalue weighted by Gasteiger charge is -2.26. The molecular weight excluding hydrogens is 457 g/mol. The van der Waals surface area contributed by atoms with Crippen LogP contribution in [0.2, 0.25) is 0 Å². The molecule has 3 atom stereocenters. The second-order valence-electron chi connectivity index (χ2n) is 7.34. The van der Waals surface area contributed by atoms with E-state index < -0.39 is 57.7 Å². The van der Waals surface area contributed by atoms with Crippen molar-refractivity contribution in [3.8, 4) is 5.75 Å². The van der Waals surface area contributed by atoms with Gasteiger partial charge in [-0.15, -0.1) is 11.8 Å². The van der Waals surface area contributed by atoms with Gasteiger partial charge in [0.15, 0.2) is 11.6 Å². The Hall–Kier alpha value is -2.89. The maximum Gasteiger partial charge on any atom is 0.403 e. The molecule has 2 aromatic rings. The summed E-state index contributed by atoms with van der Waals surface area (Å²) in [4.78, 5) is 28.0. The fourth-order valence-electron chi connectivity index (χ4n) is 3.53. The molecule has 2 heterocycles. The molecule has 6 nitrogen and oxygen atoms in total. The molecule has 3 unspecified atom stereocenters. The summed E-state index contributed by atoms with van der Waals surface area (Å²) in [6, 6.07) is 4.40. The standard InChI is InChI=1S/C20H18F5N3O3S/c1-19(20(23,24)25)8-11(10-3-4-12(21)14(22)15(10)31-2)16(32-19)18(30)28-9-5-6-27-13(7-9)17(26)29/h3-7,11,16H,8H2,1-2H3,(H2,26,29)(H,27,28,30). The van der Waals surface area contributed by atoms with Crippen LogP contribution in [-0.2, 0) is 4.79 Å². The van der Waals surface area contributed by atoms with E-state index in [1.165, 1.54) is 18.3 Å². The molecule has 0 spiro atoms. The Labute approximate surface area is 183 Å². The van der Waals surface area contributed by atoms with E-state index >= 15 is 0 Å². The maximum absolute atomic E-state index is 14.3. The Balaban J connectivity index is 2.01. The number of aromatic nitrogens is 1. The third-order valence-corrected chi connectivity index (χ3v) is 6.90. The maximum atomic E-state index is 14.3. The normalized spacial score (nSPS) is 23.1. The molecule has 1 aromatic carbocycles. The molecule has 12 heteroatoms. The summed E-state index contributed by atoms with van der Waals surface area (Å²) in [6.07, 6.45) is -4.04. The summed E-state index contributed by atoms with van der Waals surface area (Å²) in [5.41, 5.74) is 5.04. The van der Waals surface area contributed by atoms with Crippen LogP contribution in [0.4, 0.5) is 27.6 Å². The van der Waals surface area contributed by atoms with Gasteiger partial charge >= 0.3 is 6.18 Å². The van der Waals surface area contributed by atoms with Gasteiger partial charge in [-0.25, -0.2) is 4.39 Å². The van der Waals surface area contributed by atoms with Crippen LogP contribution in [0.15, 0.2) is 30.5 Å². The predicted molar refractivity (Wildman–Crippen MR) is 107 cm³/mol. The van der Waals surface area contributed by atoms with Gasteiger partial charge in [-0.2, -0.15) is 17.6 Å². The highest BCUT2D eigenvalue weighted by atomic mass is 32.2. The van der Waals surface area contributed by atoms with Crippen molar-refractivity contribution in [1.82, 2.24) is 4.98 Å². The number of benzene rings is 1. The van der Waals surface area contributed by atoms with Gasteiger partial charge in [0.1, 0.15) is 10.4 Å². The van der Waals surface area contributed by atoms with E-state index in [-0.39, 0.29) is 16.9 Å². The quantitative estimate of drug-likeness (QED) is 0.638. The van der Waals surface area contributed by atoms with Crippen LogP contribution < -0.4 is 15.8 Å². The fraction of sp³-hybridized carbons (Fsp3) is 0.350. The number of amides is 2. The van der Waals surface area contributed by atoms with E-state index in [1.54, 1.807) is 0 Å². The van der Waals surface area contributed by atoms with Crippen molar-refractivity contribution in [3.63, 3.8) is 0 Å². The second kappa shape index (κ2) is 8.57. The average Bonchev–Trinajstić information content (AvgIpc) is 3.09. The van der Waals surface area contributed by atoms with Crippen LogP contribution in [0.25, 0.3) is 0 Å². The summed E-state index contributed by atoms with van der Waals surface area (Å²) in [5, 5.41) is 1.12. The van der Waals surface area contributed by atoms with Crippen LogP contribution in [0.1, 0.15) is 35.3 Å². The van der Waals surface area contributed by atoms with Crippen molar-refractivity contribution in [2.24, 2.45) is 5.73 Å². The third-order valence-electron chi connectivity index (χ3n) is 5.18. The minimum absolute atomic E-state index is 0.0559. The molecule has 1 saturated heterocycles. The minimum Gasteiger partial charge on any atom is -0.493 e. The molecular formula is C20H18F5N3O3S. The summed E-state index contributed by atoms with van der Waals surface area (Å²) in [5.74, 6) is -5.96. The van der Waals surface area contributed by atoms with E-state index in [9.17, 15) is 31.5 Å². The molecule has 0 radical (unpaired) electrons. The Morgan fingerprint density at radius 1 is 1.28 bits per heavy atom. The number of ether oxygens (including phenoxy) is 1. The largest absolute Gasteiger partial charge is 0.493 e. The number of rotatable bonds is 5. The smallest absolute Gasteiger partial charge is 0.403 e. The van der Waals surface area contributed by atoms with Crippen LogP contribution in [0, 0.1) is 11.6 Å². The number of carbonyl (C=O) groups excluding carboxylic acids is 2. The van der Waals surface area contributed by atoms with Gasteiger partial charge < -0.3 is 15.8 Å². The summed E-state index contributed by atoms with van der Waals surface area (Å²) >= 11 is 0.374. The molecule has 2 amide bonds. The molecule has 0 saturated carbocycles. The van der Waals surface area contributed by atoms with E-state index in [1.807, 2.05) is 0 Å². The van der Waals surface area contributed by atoms with Crippen LogP contribution in [0.5, 0.6) is 5.75 Å². The highest BCUT2D eigenvalue weighted by molar-refractivity contribution is 8.02. The lowest BCUT2D eigenvalue weighted by molar-refractivity contribution is -0.155. The van der Waals surface area contributed by atoms with Crippen molar-refractivity contribution in [2.75, 3.05) is 12.4 Å². The number of carbonyl (C=O) groups is 2. The number of alkyl halides is 3. The van der Waals surface area contributed by atoms with Gasteiger partial charge in [-0.05, 0) is 31.5 Å². The zero-order valence-corrected chi connectivity index (χ0v) is 17.6. The zero-order chi connectivity index (χ0) is 23.8. The van der Waals surface area contributed by atoms with Crippen LogP contribution in [-0.4, -0.2) is 40.1 Å². The van der Waals surface area contributed by atoms with Gasteiger partial charge in [0, 0.05) is 23.4 Å². The lowest BCUT2D eigenvalue weighted by Crippen LogP contribution is -2.37. The predicted octanol–water partition coefficient (Wildman–Crippen LogP) is 4.02. The first-order valence-electron chi connectivity index (χ1n) is 9.21. The van der Waals surface area contributed by atoms with E-state index in [2.05, 4.69) is 10.3 Å². The van der Waals surface area contributed by atoms with Crippen molar-refractivity contribution in [2.45, 2.75) is 35.4 Å². The highest BCUT2D eigenvalue weighted by Crippen LogP contribution is 2.59. The van der Waals surface area contributed by atoms with E-state index in [0.717, 1.165) is 26.2 Å². The molecule has 0 aliphatic carbocycles. The van der Waals surface area contributed by atoms with Crippen molar-refractivity contribution >= 4 is 29.3 Å². The number of methoxy groups -OCH3 is 1. The van der Waals surface area contributed by atoms with Gasteiger partial charge in [-0.1, -0.05) is 6.07 Å². The molecule has 3 N–H and O–H groups in total. The van der Waals surface area contributed by atoms with Crippen LogP contribution >= 0.6 is 11.8 Å². The number of thioether (sulfide) groups is 1. The molecule has 0 bridgehead atoms. The summed E-state index contributed by atoms with van der Waals surface area (Å²) in [6.45, 7) is 0.946. The highest BCUT2D eigenvalue weighted by Gasteiger charge is 2.60. The number of nitrogens with one attached hydrogen (secondary N) is 1. The number of hydrogen-bond acceptors (Lipinski definition) is 5. The number of halogens is 5. The van der Waals surface area contributed by atoms with Gasteiger partial charge in [-0.3, -0.25) is 14.6 Å². The second-order valence-corrected chi connectivity index (χ2v) is 8.99. The Kier molecular flexibility index (Phi) is 6.36. The number of anilines is 1. The first-order chi connectivity index (χ1) is 14.9. The average molecular weight is 475 g/mol. The Morgan fingerprint density at radius 2 is 1.97 bits per heavy atom. The third kappa shape index (κ3) is 4.36. The van der Waals surface area contributed by atoms with Crippen molar-refractivity contribution in [3.05, 3.63) is 53.4 Å². The van der Waals surface area contributed by atoms with Crippen molar-refractivity contribution < 1.29 is 36.3 Å². The molecule has 172 valence electrons. The summed E-state index contributed by atoms with van der Waals surface area (Å²) in [7, 11) is 1.06. The van der Waals surface area contributed by atoms with Crippen LogP contribution in [0.3, 0.4) is 0 Å². The molecule has 32 heavy (non-hydrogen) atoms. The Bertz CT molecular complexity index is 1070. The summed E-state index contributed by atoms with van der Waals surface area (Å²) < 4.78 is 71.9. The molecule has 1 aliphatic rings. The fourth-order valence-corrected chi connectivity index (χ4v) is 5.07. The van der Waals surface area contributed by atoms with Gasteiger partial charge in [0.05, 0.1) is 12.4 Å². The topological polar surface area (TPSA) is 94.3 Å². The first kappa shape index (κ1) is 23.8.